The number of nitrogen functional groups attached to an aromatic ring is 1. The fourth-order valence-corrected chi connectivity index (χ4v) is 1.74. The maximum atomic E-state index is 13.1. The molecule has 90 valence electrons. The maximum absolute atomic E-state index is 13.1. The minimum atomic E-state index is -0.338. The molecular weight excluding hydrogens is 283 g/mol. The lowest BCUT2D eigenvalue weighted by Crippen LogP contribution is -1.91. The highest BCUT2D eigenvalue weighted by Crippen LogP contribution is 2.31. The molecule has 0 bridgehead atoms. The van der Waals surface area contributed by atoms with E-state index < -0.39 is 0 Å². The quantitative estimate of drug-likeness (QED) is 0.750. The van der Waals surface area contributed by atoms with Crippen LogP contribution >= 0.6 is 35.6 Å². The van der Waals surface area contributed by atoms with Gasteiger partial charge in [-0.2, -0.15) is 0 Å². The Kier molecular flexibility index (Phi) is 4.63. The normalized spacial score (nSPS) is 9.82. The van der Waals surface area contributed by atoms with E-state index in [1.807, 2.05) is 0 Å². The van der Waals surface area contributed by atoms with Crippen LogP contribution in [0.1, 0.15) is 0 Å². The first kappa shape index (κ1) is 14.1. The highest BCUT2D eigenvalue weighted by molar-refractivity contribution is 6.42. The second-order valence-electron chi connectivity index (χ2n) is 3.36. The SMILES string of the molecule is Cl.Nc1ccc(F)cc1-c1ccc(Cl)c(Cl)c1. The van der Waals surface area contributed by atoms with Gasteiger partial charge in [-0.15, -0.1) is 12.4 Å². The average molecular weight is 293 g/mol. The summed E-state index contributed by atoms with van der Waals surface area (Å²) in [6.45, 7) is 0. The fraction of sp³-hybridized carbons (Fsp3) is 0. The van der Waals surface area contributed by atoms with Crippen LogP contribution in [0.2, 0.25) is 10.0 Å². The molecule has 17 heavy (non-hydrogen) atoms. The largest absolute Gasteiger partial charge is 0.398 e. The van der Waals surface area contributed by atoms with Crippen molar-refractivity contribution in [2.45, 2.75) is 0 Å². The van der Waals surface area contributed by atoms with Gasteiger partial charge in [-0.05, 0) is 35.9 Å². The number of anilines is 1. The zero-order valence-corrected chi connectivity index (χ0v) is 10.9. The molecule has 0 radical (unpaired) electrons. The molecule has 0 aliphatic rings. The Morgan fingerprint density at radius 2 is 1.65 bits per heavy atom. The van der Waals surface area contributed by atoms with E-state index in [2.05, 4.69) is 0 Å². The minimum absolute atomic E-state index is 0. The van der Waals surface area contributed by atoms with Crippen LogP contribution < -0.4 is 5.73 Å². The molecule has 2 aromatic carbocycles. The predicted molar refractivity (Wildman–Crippen MR) is 73.5 cm³/mol. The number of benzene rings is 2. The Balaban J connectivity index is 0.00000144. The molecule has 0 aliphatic carbocycles. The Labute approximate surface area is 115 Å². The van der Waals surface area contributed by atoms with Gasteiger partial charge in [0, 0.05) is 11.3 Å². The van der Waals surface area contributed by atoms with E-state index in [0.29, 0.717) is 21.3 Å². The van der Waals surface area contributed by atoms with Crippen LogP contribution in [0.15, 0.2) is 36.4 Å². The van der Waals surface area contributed by atoms with E-state index in [9.17, 15) is 4.39 Å². The number of rotatable bonds is 1. The van der Waals surface area contributed by atoms with Gasteiger partial charge in [0.05, 0.1) is 10.0 Å². The molecule has 0 saturated carbocycles. The van der Waals surface area contributed by atoms with Gasteiger partial charge in [-0.25, -0.2) is 4.39 Å². The van der Waals surface area contributed by atoms with E-state index in [-0.39, 0.29) is 18.2 Å². The summed E-state index contributed by atoms with van der Waals surface area (Å²) in [5, 5.41) is 0.878. The first-order valence-corrected chi connectivity index (χ1v) is 5.34. The summed E-state index contributed by atoms with van der Waals surface area (Å²) in [7, 11) is 0. The van der Waals surface area contributed by atoms with Gasteiger partial charge in [0.1, 0.15) is 5.82 Å². The molecule has 0 amide bonds. The second kappa shape index (κ2) is 5.58. The van der Waals surface area contributed by atoms with E-state index in [1.165, 1.54) is 18.2 Å². The third-order valence-corrected chi connectivity index (χ3v) is 2.98. The van der Waals surface area contributed by atoms with Crippen molar-refractivity contribution in [2.24, 2.45) is 0 Å². The lowest BCUT2D eigenvalue weighted by Gasteiger charge is -2.07. The lowest BCUT2D eigenvalue weighted by atomic mass is 10.0. The zero-order chi connectivity index (χ0) is 11.7. The molecule has 0 heterocycles. The molecule has 5 heteroatoms. The van der Waals surface area contributed by atoms with Gasteiger partial charge in [-0.3, -0.25) is 0 Å². The summed E-state index contributed by atoms with van der Waals surface area (Å²) in [5.41, 5.74) is 7.62. The van der Waals surface area contributed by atoms with Gasteiger partial charge in [0.2, 0.25) is 0 Å². The van der Waals surface area contributed by atoms with E-state index in [1.54, 1.807) is 18.2 Å². The van der Waals surface area contributed by atoms with Crippen molar-refractivity contribution in [1.29, 1.82) is 0 Å². The van der Waals surface area contributed by atoms with Crippen LogP contribution in [0.3, 0.4) is 0 Å². The number of nitrogens with two attached hydrogens (primary N) is 1. The van der Waals surface area contributed by atoms with E-state index >= 15 is 0 Å². The number of hydrogen-bond acceptors (Lipinski definition) is 1. The van der Waals surface area contributed by atoms with Gasteiger partial charge in [0.25, 0.3) is 0 Å². The molecule has 2 N–H and O–H groups in total. The first-order chi connectivity index (χ1) is 7.58. The highest BCUT2D eigenvalue weighted by atomic mass is 35.5. The molecule has 1 nitrogen and oxygen atoms in total. The van der Waals surface area contributed by atoms with Gasteiger partial charge in [-0.1, -0.05) is 29.3 Å². The van der Waals surface area contributed by atoms with Crippen molar-refractivity contribution in [3.8, 4) is 11.1 Å². The second-order valence-corrected chi connectivity index (χ2v) is 4.17. The van der Waals surface area contributed by atoms with Gasteiger partial charge >= 0.3 is 0 Å². The maximum Gasteiger partial charge on any atom is 0.123 e. The van der Waals surface area contributed by atoms with Crippen LogP contribution in [0.25, 0.3) is 11.1 Å². The van der Waals surface area contributed by atoms with Crippen LogP contribution in [-0.4, -0.2) is 0 Å². The van der Waals surface area contributed by atoms with Crippen molar-refractivity contribution >= 4 is 41.3 Å². The molecular formula is C12H9Cl3FN. The van der Waals surface area contributed by atoms with Gasteiger partial charge < -0.3 is 5.73 Å². The lowest BCUT2D eigenvalue weighted by molar-refractivity contribution is 0.628. The van der Waals surface area contributed by atoms with Crippen molar-refractivity contribution in [1.82, 2.24) is 0 Å². The topological polar surface area (TPSA) is 26.0 Å². The van der Waals surface area contributed by atoms with Crippen molar-refractivity contribution in [3.05, 3.63) is 52.3 Å². The minimum Gasteiger partial charge on any atom is -0.398 e. The summed E-state index contributed by atoms with van der Waals surface area (Å²) < 4.78 is 13.1. The Morgan fingerprint density at radius 3 is 2.29 bits per heavy atom. The van der Waals surface area contributed by atoms with Crippen molar-refractivity contribution in [2.75, 3.05) is 5.73 Å². The molecule has 0 unspecified atom stereocenters. The molecule has 0 aromatic heterocycles. The van der Waals surface area contributed by atoms with Crippen LogP contribution in [0.4, 0.5) is 10.1 Å². The molecule has 0 saturated heterocycles. The molecule has 0 aliphatic heterocycles. The van der Waals surface area contributed by atoms with Crippen LogP contribution in [0, 0.1) is 5.82 Å². The smallest absolute Gasteiger partial charge is 0.123 e. The third kappa shape index (κ3) is 3.03. The van der Waals surface area contributed by atoms with Crippen LogP contribution in [0.5, 0.6) is 0 Å². The Hall–Kier alpha value is -0.960. The molecule has 2 aromatic rings. The third-order valence-electron chi connectivity index (χ3n) is 2.25. The molecule has 0 fully saturated rings. The molecule has 0 atom stereocenters. The summed E-state index contributed by atoms with van der Waals surface area (Å²) in [5.74, 6) is -0.338. The van der Waals surface area contributed by atoms with Crippen molar-refractivity contribution < 1.29 is 4.39 Å². The number of hydrogen-bond donors (Lipinski definition) is 1. The molecule has 2 rings (SSSR count). The summed E-state index contributed by atoms with van der Waals surface area (Å²) >= 11 is 11.7. The zero-order valence-electron chi connectivity index (χ0n) is 8.58. The summed E-state index contributed by atoms with van der Waals surface area (Å²) in [6.07, 6.45) is 0. The molecule has 0 spiro atoms. The standard InChI is InChI=1S/C12H8Cl2FN.ClH/c13-10-3-1-7(5-11(10)14)9-6-8(15)2-4-12(9)16;/h1-6H,16H2;1H. The summed E-state index contributed by atoms with van der Waals surface area (Å²) in [6, 6.07) is 9.27. The average Bonchev–Trinajstić information content (AvgIpc) is 2.26. The highest BCUT2D eigenvalue weighted by Gasteiger charge is 2.06. The summed E-state index contributed by atoms with van der Waals surface area (Å²) in [4.78, 5) is 0. The van der Waals surface area contributed by atoms with E-state index in [4.69, 9.17) is 28.9 Å². The first-order valence-electron chi connectivity index (χ1n) is 4.58. The van der Waals surface area contributed by atoms with E-state index in [0.717, 1.165) is 5.56 Å². The fourth-order valence-electron chi connectivity index (χ4n) is 1.44. The number of halogens is 4. The Bertz CT molecular complexity index is 543. The van der Waals surface area contributed by atoms with Gasteiger partial charge in [0.15, 0.2) is 0 Å². The predicted octanol–water partition coefficient (Wildman–Crippen LogP) is 4.80. The van der Waals surface area contributed by atoms with Crippen molar-refractivity contribution in [3.63, 3.8) is 0 Å². The Morgan fingerprint density at radius 1 is 0.941 bits per heavy atom. The van der Waals surface area contributed by atoms with Crippen LogP contribution in [-0.2, 0) is 0 Å². The monoisotopic (exact) mass is 291 g/mol.